The quantitative estimate of drug-likeness (QED) is 0.790. The van der Waals surface area contributed by atoms with Crippen LogP contribution >= 0.6 is 23.6 Å². The molecule has 0 aliphatic rings. The lowest BCUT2D eigenvalue weighted by atomic mass is 10.1. The molecular formula is C9H12ClNOS. The smallest absolute Gasteiger partial charge is 0.0471 e. The molecule has 0 saturated heterocycles. The Bertz CT molecular complexity index is 304. The number of rotatable bonds is 3. The van der Waals surface area contributed by atoms with E-state index in [4.69, 9.17) is 16.2 Å². The summed E-state index contributed by atoms with van der Waals surface area (Å²) in [4.78, 5) is 4.36. The summed E-state index contributed by atoms with van der Waals surface area (Å²) in [6.45, 7) is 3.87. The number of hydrogen-bond acceptors (Lipinski definition) is 3. The zero-order chi connectivity index (χ0) is 9.84. The van der Waals surface area contributed by atoms with Crippen molar-refractivity contribution in [1.29, 1.82) is 0 Å². The minimum absolute atomic E-state index is 0.660. The average molecular weight is 218 g/mol. The molecule has 0 radical (unpaired) electrons. The van der Waals surface area contributed by atoms with Crippen LogP contribution in [0.5, 0.6) is 0 Å². The highest BCUT2D eigenvalue weighted by molar-refractivity contribution is 7.93. The molecule has 0 atom stereocenters. The lowest BCUT2D eigenvalue weighted by molar-refractivity contribution is 0.662. The molecule has 0 aliphatic heterocycles. The van der Waals surface area contributed by atoms with Crippen molar-refractivity contribution >= 4 is 23.6 Å². The Labute approximate surface area is 87.5 Å². The molecule has 0 spiro atoms. The van der Waals surface area contributed by atoms with E-state index >= 15 is 0 Å². The van der Waals surface area contributed by atoms with Crippen molar-refractivity contribution in [2.24, 2.45) is 0 Å². The van der Waals surface area contributed by atoms with Gasteiger partial charge in [-0.05, 0) is 37.5 Å². The van der Waals surface area contributed by atoms with E-state index in [1.54, 1.807) is 0 Å². The number of hydrogen-bond donors (Lipinski definition) is 1. The van der Waals surface area contributed by atoms with Gasteiger partial charge in [0.15, 0.2) is 0 Å². The van der Waals surface area contributed by atoms with Gasteiger partial charge in [0.25, 0.3) is 0 Å². The minimum Gasteiger partial charge on any atom is -0.330 e. The van der Waals surface area contributed by atoms with Crippen LogP contribution in [0.1, 0.15) is 17.0 Å². The minimum atomic E-state index is 0.660. The summed E-state index contributed by atoms with van der Waals surface area (Å²) < 4.78 is 8.61. The van der Waals surface area contributed by atoms with Gasteiger partial charge in [-0.1, -0.05) is 11.6 Å². The molecule has 1 N–H and O–H groups in total. The number of aryl methyl sites for hydroxylation is 2. The van der Waals surface area contributed by atoms with E-state index < -0.39 is 0 Å². The van der Waals surface area contributed by atoms with E-state index in [0.29, 0.717) is 5.75 Å². The van der Waals surface area contributed by atoms with Crippen molar-refractivity contribution in [3.8, 4) is 0 Å². The van der Waals surface area contributed by atoms with Gasteiger partial charge in [-0.15, -0.1) is 0 Å². The van der Waals surface area contributed by atoms with E-state index in [-0.39, 0.29) is 0 Å². The van der Waals surface area contributed by atoms with Gasteiger partial charge in [0.1, 0.15) is 0 Å². The number of pyridine rings is 1. The van der Waals surface area contributed by atoms with Crippen molar-refractivity contribution in [2.75, 3.05) is 5.75 Å². The van der Waals surface area contributed by atoms with Crippen molar-refractivity contribution < 1.29 is 4.55 Å². The third kappa shape index (κ3) is 2.86. The molecule has 72 valence electrons. The van der Waals surface area contributed by atoms with Gasteiger partial charge in [-0.25, -0.2) is 0 Å². The second-order valence-corrected chi connectivity index (χ2v) is 3.97. The van der Waals surface area contributed by atoms with E-state index in [0.717, 1.165) is 40.4 Å². The fourth-order valence-electron chi connectivity index (χ4n) is 1.14. The molecule has 1 rings (SSSR count). The fraction of sp³-hybridized carbons (Fsp3) is 0.444. The molecule has 13 heavy (non-hydrogen) atoms. The number of aromatic nitrogens is 1. The molecule has 0 amide bonds. The van der Waals surface area contributed by atoms with Crippen molar-refractivity contribution in [3.63, 3.8) is 0 Å². The van der Waals surface area contributed by atoms with E-state index in [1.165, 1.54) is 0 Å². The molecule has 0 saturated carbocycles. The number of nitrogens with zero attached hydrogens (tertiary/aromatic N) is 1. The first-order valence-corrected chi connectivity index (χ1v) is 5.36. The largest absolute Gasteiger partial charge is 0.330 e. The first-order chi connectivity index (χ1) is 6.15. The summed E-state index contributed by atoms with van der Waals surface area (Å²) in [6.07, 6.45) is 0.758. The first-order valence-electron chi connectivity index (χ1n) is 4.04. The summed E-state index contributed by atoms with van der Waals surface area (Å²) in [7, 11) is 0. The second-order valence-electron chi connectivity index (χ2n) is 2.90. The fourth-order valence-corrected chi connectivity index (χ4v) is 1.70. The van der Waals surface area contributed by atoms with Crippen LogP contribution in [-0.2, 0) is 6.42 Å². The topological polar surface area (TPSA) is 33.1 Å². The second kappa shape index (κ2) is 4.84. The van der Waals surface area contributed by atoms with Crippen LogP contribution in [0.3, 0.4) is 0 Å². The molecule has 1 aromatic rings. The Morgan fingerprint density at radius 3 is 2.85 bits per heavy atom. The monoisotopic (exact) mass is 217 g/mol. The zero-order valence-corrected chi connectivity index (χ0v) is 9.24. The molecule has 0 aromatic carbocycles. The highest BCUT2D eigenvalue weighted by Gasteiger charge is 2.05. The normalized spacial score (nSPS) is 10.5. The Balaban J connectivity index is 2.92. The predicted molar refractivity (Wildman–Crippen MR) is 57.5 cm³/mol. The summed E-state index contributed by atoms with van der Waals surface area (Å²) in [5, 5.41) is 0.755. The van der Waals surface area contributed by atoms with Crippen LogP contribution in [0.2, 0.25) is 5.02 Å². The van der Waals surface area contributed by atoms with Crippen molar-refractivity contribution in [1.82, 2.24) is 4.98 Å². The molecular weight excluding hydrogens is 206 g/mol. The van der Waals surface area contributed by atoms with Crippen molar-refractivity contribution in [2.45, 2.75) is 20.3 Å². The maximum Gasteiger partial charge on any atom is 0.0471 e. The first kappa shape index (κ1) is 10.8. The van der Waals surface area contributed by atoms with Crippen LogP contribution in [0.25, 0.3) is 0 Å². The third-order valence-electron chi connectivity index (χ3n) is 1.87. The molecule has 1 heterocycles. The Kier molecular flexibility index (Phi) is 4.03. The lowest BCUT2D eigenvalue weighted by Crippen LogP contribution is -1.99. The summed E-state index contributed by atoms with van der Waals surface area (Å²) in [5.41, 5.74) is 2.92. The number of halogens is 1. The maximum atomic E-state index is 8.61. The van der Waals surface area contributed by atoms with Gasteiger partial charge >= 0.3 is 0 Å². The van der Waals surface area contributed by atoms with E-state index in [1.807, 2.05) is 19.9 Å². The van der Waals surface area contributed by atoms with E-state index in [9.17, 15) is 0 Å². The lowest BCUT2D eigenvalue weighted by Gasteiger charge is -2.06. The van der Waals surface area contributed by atoms with Crippen LogP contribution < -0.4 is 0 Å². The standard InChI is InChI=1S/C9H12ClNOS/c1-6-5-8(10)7(2)9(11-6)3-4-13-12/h5,12H,3-4H2,1-2H3. The van der Waals surface area contributed by atoms with Crippen LogP contribution in [0, 0.1) is 13.8 Å². The molecule has 0 unspecified atom stereocenters. The van der Waals surface area contributed by atoms with Gasteiger partial charge < -0.3 is 4.55 Å². The van der Waals surface area contributed by atoms with E-state index in [2.05, 4.69) is 4.98 Å². The Morgan fingerprint density at radius 1 is 1.54 bits per heavy atom. The van der Waals surface area contributed by atoms with Gasteiger partial charge in [-0.2, -0.15) is 0 Å². The molecule has 0 bridgehead atoms. The van der Waals surface area contributed by atoms with Gasteiger partial charge in [0.2, 0.25) is 0 Å². The Hall–Kier alpha value is -0.250. The van der Waals surface area contributed by atoms with Gasteiger partial charge in [0, 0.05) is 28.6 Å². The summed E-state index contributed by atoms with van der Waals surface area (Å²) in [6, 6.07) is 1.85. The molecule has 0 fully saturated rings. The van der Waals surface area contributed by atoms with Crippen LogP contribution in [0.15, 0.2) is 6.07 Å². The van der Waals surface area contributed by atoms with Crippen LogP contribution in [-0.4, -0.2) is 15.3 Å². The average Bonchev–Trinajstić information content (AvgIpc) is 2.09. The maximum absolute atomic E-state index is 8.61. The van der Waals surface area contributed by atoms with Crippen molar-refractivity contribution in [3.05, 3.63) is 28.0 Å². The highest BCUT2D eigenvalue weighted by atomic mass is 35.5. The van der Waals surface area contributed by atoms with Gasteiger partial charge in [-0.3, -0.25) is 4.98 Å². The predicted octanol–water partition coefficient (Wildman–Crippen LogP) is 3.10. The summed E-state index contributed by atoms with van der Waals surface area (Å²) in [5.74, 6) is 0.660. The molecule has 4 heteroatoms. The molecule has 0 aliphatic carbocycles. The van der Waals surface area contributed by atoms with Crippen LogP contribution in [0.4, 0.5) is 0 Å². The molecule has 1 aromatic heterocycles. The zero-order valence-electron chi connectivity index (χ0n) is 7.67. The SMILES string of the molecule is Cc1cc(Cl)c(C)c(CCSO)n1. The Morgan fingerprint density at radius 2 is 2.23 bits per heavy atom. The third-order valence-corrected chi connectivity index (χ3v) is 2.65. The highest BCUT2D eigenvalue weighted by Crippen LogP contribution is 2.19. The van der Waals surface area contributed by atoms with Gasteiger partial charge in [0.05, 0.1) is 0 Å². The molecule has 2 nitrogen and oxygen atoms in total. The summed E-state index contributed by atoms with van der Waals surface area (Å²) >= 11 is 6.82.